The molecule has 0 fully saturated rings. The van der Waals surface area contributed by atoms with Gasteiger partial charge in [-0.3, -0.25) is 10.1 Å². The molecule has 0 radical (unpaired) electrons. The number of nitrogens with zero attached hydrogens (tertiary/aromatic N) is 5. The molecule has 2 heterocycles. The Morgan fingerprint density at radius 1 is 0.939 bits per heavy atom. The summed E-state index contributed by atoms with van der Waals surface area (Å²) in [6.45, 7) is 0. The van der Waals surface area contributed by atoms with Gasteiger partial charge in [0.1, 0.15) is 10.8 Å². The SMILES string of the molecule is O=[N+]([O-])c1ccc(-c2nnc(CSc3nc(-c4ccccc4)nc4ccc(F)cc34)o2)cc1. The average Bonchev–Trinajstić information content (AvgIpc) is 3.32. The molecule has 0 saturated heterocycles. The van der Waals surface area contributed by atoms with Crippen molar-refractivity contribution in [3.8, 4) is 22.8 Å². The van der Waals surface area contributed by atoms with Gasteiger partial charge in [0.15, 0.2) is 5.82 Å². The van der Waals surface area contributed by atoms with Gasteiger partial charge in [-0.1, -0.05) is 42.1 Å². The molecular weight excluding hydrogens is 445 g/mol. The van der Waals surface area contributed by atoms with Crippen molar-refractivity contribution in [2.24, 2.45) is 0 Å². The first-order valence-electron chi connectivity index (χ1n) is 9.79. The standard InChI is InChI=1S/C23H14FN5O3S/c24-16-8-11-19-18(12-16)23(26-21(25-19)14-4-2-1-3-5-14)33-13-20-27-28-22(32-20)15-6-9-17(10-7-15)29(30)31/h1-12H,13H2. The van der Waals surface area contributed by atoms with Crippen LogP contribution in [0.25, 0.3) is 33.7 Å². The number of non-ortho nitro benzene ring substituents is 1. The molecule has 0 bridgehead atoms. The Hall–Kier alpha value is -4.18. The van der Waals surface area contributed by atoms with Crippen molar-refractivity contribution in [2.75, 3.05) is 0 Å². The van der Waals surface area contributed by atoms with Crippen molar-refractivity contribution < 1.29 is 13.7 Å². The lowest BCUT2D eigenvalue weighted by atomic mass is 10.2. The minimum Gasteiger partial charge on any atom is -0.420 e. The number of rotatable bonds is 6. The van der Waals surface area contributed by atoms with Crippen molar-refractivity contribution in [2.45, 2.75) is 10.8 Å². The summed E-state index contributed by atoms with van der Waals surface area (Å²) in [5.74, 6) is 1.06. The number of halogens is 1. The van der Waals surface area contributed by atoms with Crippen LogP contribution in [0.15, 0.2) is 82.2 Å². The van der Waals surface area contributed by atoms with Crippen LogP contribution in [0.1, 0.15) is 5.89 Å². The Morgan fingerprint density at radius 2 is 1.73 bits per heavy atom. The van der Waals surface area contributed by atoms with E-state index in [0.717, 1.165) is 5.56 Å². The monoisotopic (exact) mass is 459 g/mol. The third-order valence-electron chi connectivity index (χ3n) is 4.78. The fourth-order valence-electron chi connectivity index (χ4n) is 3.18. The lowest BCUT2D eigenvalue weighted by Gasteiger charge is -2.08. The van der Waals surface area contributed by atoms with Crippen LogP contribution in [0.5, 0.6) is 0 Å². The molecule has 10 heteroatoms. The Labute approximate surface area is 190 Å². The summed E-state index contributed by atoms with van der Waals surface area (Å²) in [5, 5.41) is 20.1. The number of hydrogen-bond acceptors (Lipinski definition) is 8. The lowest BCUT2D eigenvalue weighted by Crippen LogP contribution is -1.95. The summed E-state index contributed by atoms with van der Waals surface area (Å²) in [5.41, 5.74) is 2.03. The summed E-state index contributed by atoms with van der Waals surface area (Å²) >= 11 is 1.33. The van der Waals surface area contributed by atoms with E-state index >= 15 is 0 Å². The predicted molar refractivity (Wildman–Crippen MR) is 121 cm³/mol. The molecule has 0 spiro atoms. The van der Waals surface area contributed by atoms with E-state index in [1.54, 1.807) is 18.2 Å². The smallest absolute Gasteiger partial charge is 0.269 e. The summed E-state index contributed by atoms with van der Waals surface area (Å²) in [6, 6.07) is 19.8. The maximum absolute atomic E-state index is 13.9. The molecule has 0 aliphatic heterocycles. The number of nitro groups is 1. The number of aromatic nitrogens is 4. The third-order valence-corrected chi connectivity index (χ3v) is 5.76. The second-order valence-corrected chi connectivity index (χ2v) is 7.94. The minimum atomic E-state index is -0.474. The maximum Gasteiger partial charge on any atom is 0.269 e. The maximum atomic E-state index is 13.9. The fourth-order valence-corrected chi connectivity index (χ4v) is 4.03. The Balaban J connectivity index is 1.42. The van der Waals surface area contributed by atoms with Gasteiger partial charge in [-0.15, -0.1) is 10.2 Å². The van der Waals surface area contributed by atoms with E-state index in [0.29, 0.717) is 39.0 Å². The Bertz CT molecular complexity index is 1460. The summed E-state index contributed by atoms with van der Waals surface area (Å²) in [4.78, 5) is 19.6. The lowest BCUT2D eigenvalue weighted by molar-refractivity contribution is -0.384. The molecule has 8 nitrogen and oxygen atoms in total. The van der Waals surface area contributed by atoms with Gasteiger partial charge in [-0.25, -0.2) is 14.4 Å². The third kappa shape index (κ3) is 4.41. The quantitative estimate of drug-likeness (QED) is 0.138. The number of thioether (sulfide) groups is 1. The first kappa shape index (κ1) is 20.7. The van der Waals surface area contributed by atoms with Gasteiger partial charge >= 0.3 is 0 Å². The van der Waals surface area contributed by atoms with Crippen LogP contribution in [0.2, 0.25) is 0 Å². The second-order valence-electron chi connectivity index (χ2n) is 6.97. The predicted octanol–water partition coefficient (Wildman–Crippen LogP) is 5.69. The summed E-state index contributed by atoms with van der Waals surface area (Å²) in [7, 11) is 0. The molecule has 0 aliphatic rings. The van der Waals surface area contributed by atoms with Crippen LogP contribution in [-0.2, 0) is 5.75 Å². The number of fused-ring (bicyclic) bond motifs is 1. The van der Waals surface area contributed by atoms with E-state index in [4.69, 9.17) is 4.42 Å². The molecule has 33 heavy (non-hydrogen) atoms. The van der Waals surface area contributed by atoms with Crippen LogP contribution in [0, 0.1) is 15.9 Å². The highest BCUT2D eigenvalue weighted by Gasteiger charge is 2.15. The molecule has 2 aromatic heterocycles. The van der Waals surface area contributed by atoms with E-state index in [1.807, 2.05) is 30.3 Å². The van der Waals surface area contributed by atoms with E-state index in [2.05, 4.69) is 20.2 Å². The zero-order valence-corrected chi connectivity index (χ0v) is 17.7. The zero-order chi connectivity index (χ0) is 22.8. The zero-order valence-electron chi connectivity index (χ0n) is 16.9. The van der Waals surface area contributed by atoms with Crippen molar-refractivity contribution >= 4 is 28.4 Å². The fraction of sp³-hybridized carbons (Fsp3) is 0.0435. The molecule has 0 N–H and O–H groups in total. The topological polar surface area (TPSA) is 108 Å². The van der Waals surface area contributed by atoms with Crippen molar-refractivity contribution in [1.82, 2.24) is 20.2 Å². The van der Waals surface area contributed by atoms with Gasteiger partial charge in [-0.05, 0) is 30.3 Å². The van der Waals surface area contributed by atoms with Gasteiger partial charge < -0.3 is 4.42 Å². The highest BCUT2D eigenvalue weighted by molar-refractivity contribution is 7.98. The van der Waals surface area contributed by atoms with Gasteiger partial charge in [0.2, 0.25) is 11.8 Å². The van der Waals surface area contributed by atoms with E-state index < -0.39 is 4.92 Å². The molecule has 0 unspecified atom stereocenters. The van der Waals surface area contributed by atoms with Gasteiger partial charge in [0, 0.05) is 28.6 Å². The molecular formula is C23H14FN5O3S. The van der Waals surface area contributed by atoms with Crippen LogP contribution in [0.3, 0.4) is 0 Å². The van der Waals surface area contributed by atoms with Crippen molar-refractivity contribution in [3.63, 3.8) is 0 Å². The molecule has 162 valence electrons. The molecule has 0 aliphatic carbocycles. The summed E-state index contributed by atoms with van der Waals surface area (Å²) < 4.78 is 19.6. The van der Waals surface area contributed by atoms with E-state index in [1.165, 1.54) is 36.0 Å². The molecule has 0 atom stereocenters. The normalized spacial score (nSPS) is 11.1. The number of nitro benzene ring substituents is 1. The van der Waals surface area contributed by atoms with Crippen LogP contribution in [0.4, 0.5) is 10.1 Å². The molecule has 3 aromatic carbocycles. The van der Waals surface area contributed by atoms with E-state index in [-0.39, 0.29) is 17.4 Å². The van der Waals surface area contributed by atoms with Crippen LogP contribution >= 0.6 is 11.8 Å². The largest absolute Gasteiger partial charge is 0.420 e. The second kappa shape index (κ2) is 8.75. The Morgan fingerprint density at radius 3 is 2.48 bits per heavy atom. The number of benzene rings is 3. The first-order valence-corrected chi connectivity index (χ1v) is 10.8. The molecule has 0 saturated carbocycles. The molecule has 5 rings (SSSR count). The van der Waals surface area contributed by atoms with E-state index in [9.17, 15) is 14.5 Å². The highest BCUT2D eigenvalue weighted by atomic mass is 32.2. The molecule has 0 amide bonds. The van der Waals surface area contributed by atoms with Crippen LogP contribution in [-0.4, -0.2) is 25.1 Å². The number of hydrogen-bond donors (Lipinski definition) is 0. The molecule has 5 aromatic rings. The average molecular weight is 459 g/mol. The van der Waals surface area contributed by atoms with Gasteiger partial charge in [0.25, 0.3) is 5.69 Å². The Kier molecular flexibility index (Phi) is 5.49. The highest BCUT2D eigenvalue weighted by Crippen LogP contribution is 2.31. The van der Waals surface area contributed by atoms with Crippen molar-refractivity contribution in [1.29, 1.82) is 0 Å². The van der Waals surface area contributed by atoms with Gasteiger partial charge in [-0.2, -0.15) is 0 Å². The minimum absolute atomic E-state index is 0.0221. The summed E-state index contributed by atoms with van der Waals surface area (Å²) in [6.07, 6.45) is 0. The first-order chi connectivity index (χ1) is 16.1. The van der Waals surface area contributed by atoms with Crippen LogP contribution < -0.4 is 0 Å². The van der Waals surface area contributed by atoms with Crippen molar-refractivity contribution in [3.05, 3.63) is 94.6 Å². The van der Waals surface area contributed by atoms with Gasteiger partial charge in [0.05, 0.1) is 16.2 Å².